The van der Waals surface area contributed by atoms with Gasteiger partial charge >= 0.3 is 0 Å². The van der Waals surface area contributed by atoms with Crippen LogP contribution in [0.5, 0.6) is 0 Å². The molecule has 0 radical (unpaired) electrons. The van der Waals surface area contributed by atoms with E-state index in [2.05, 4.69) is 22.5 Å². The van der Waals surface area contributed by atoms with Crippen LogP contribution >= 0.6 is 11.8 Å². The largest absolute Gasteiger partial charge is 0.317 e. The summed E-state index contributed by atoms with van der Waals surface area (Å²) < 4.78 is 1.45. The van der Waals surface area contributed by atoms with E-state index in [1.807, 2.05) is 61.7 Å². The fourth-order valence-electron chi connectivity index (χ4n) is 3.43. The number of fused-ring (bicyclic) bond motifs is 1. The SMILES string of the molecule is CSc1c(Cc2ccccc2)nc2ncn(NCc3ccccc3)c(=O)c2c1C. The fourth-order valence-corrected chi connectivity index (χ4v) is 4.19. The van der Waals surface area contributed by atoms with Gasteiger partial charge in [0.05, 0.1) is 17.6 Å². The van der Waals surface area contributed by atoms with E-state index in [4.69, 9.17) is 4.98 Å². The molecule has 0 saturated heterocycles. The molecular formula is C23H22N4OS. The van der Waals surface area contributed by atoms with Crippen molar-refractivity contribution in [1.29, 1.82) is 0 Å². The van der Waals surface area contributed by atoms with Gasteiger partial charge in [-0.1, -0.05) is 60.7 Å². The van der Waals surface area contributed by atoms with Crippen molar-refractivity contribution in [2.45, 2.75) is 24.8 Å². The Morgan fingerprint density at radius 1 is 1.00 bits per heavy atom. The smallest absolute Gasteiger partial charge is 0.281 e. The molecule has 0 spiro atoms. The second-order valence-corrected chi connectivity index (χ2v) is 7.63. The zero-order chi connectivity index (χ0) is 20.2. The summed E-state index contributed by atoms with van der Waals surface area (Å²) in [5.74, 6) is 0. The Balaban J connectivity index is 1.73. The van der Waals surface area contributed by atoms with E-state index in [9.17, 15) is 4.79 Å². The highest BCUT2D eigenvalue weighted by atomic mass is 32.2. The average Bonchev–Trinajstić information content (AvgIpc) is 2.75. The standard InChI is InChI=1S/C23H22N4OS/c1-16-20-22(26-19(21(16)29-2)13-17-9-5-3-6-10-17)24-15-27(23(20)28)25-14-18-11-7-4-8-12-18/h3-12,15,25H,13-14H2,1-2H3. The van der Waals surface area contributed by atoms with Crippen LogP contribution in [0.4, 0.5) is 0 Å². The lowest BCUT2D eigenvalue weighted by atomic mass is 10.1. The molecule has 146 valence electrons. The predicted octanol–water partition coefficient (Wildman–Crippen LogP) is 4.16. The van der Waals surface area contributed by atoms with Gasteiger partial charge in [-0.3, -0.25) is 4.79 Å². The van der Waals surface area contributed by atoms with Gasteiger partial charge in [0.25, 0.3) is 5.56 Å². The predicted molar refractivity (Wildman–Crippen MR) is 119 cm³/mol. The lowest BCUT2D eigenvalue weighted by Crippen LogP contribution is -2.29. The lowest BCUT2D eigenvalue weighted by Gasteiger charge is -2.14. The van der Waals surface area contributed by atoms with E-state index >= 15 is 0 Å². The van der Waals surface area contributed by atoms with E-state index in [0.29, 0.717) is 24.0 Å². The van der Waals surface area contributed by atoms with Crippen LogP contribution in [-0.2, 0) is 13.0 Å². The van der Waals surface area contributed by atoms with Crippen LogP contribution in [0.2, 0.25) is 0 Å². The molecule has 0 amide bonds. The molecule has 0 aliphatic carbocycles. The van der Waals surface area contributed by atoms with E-state index in [1.165, 1.54) is 16.6 Å². The number of hydrogen-bond acceptors (Lipinski definition) is 5. The van der Waals surface area contributed by atoms with Crippen LogP contribution in [0.25, 0.3) is 11.0 Å². The Kier molecular flexibility index (Phi) is 5.62. The van der Waals surface area contributed by atoms with Crippen molar-refractivity contribution in [1.82, 2.24) is 14.6 Å². The molecule has 2 heterocycles. The maximum atomic E-state index is 13.1. The first-order valence-electron chi connectivity index (χ1n) is 9.44. The van der Waals surface area contributed by atoms with Gasteiger partial charge in [-0.2, -0.15) is 0 Å². The van der Waals surface area contributed by atoms with Crippen LogP contribution in [0, 0.1) is 6.92 Å². The maximum Gasteiger partial charge on any atom is 0.281 e. The highest BCUT2D eigenvalue weighted by Gasteiger charge is 2.16. The highest BCUT2D eigenvalue weighted by Crippen LogP contribution is 2.28. The lowest BCUT2D eigenvalue weighted by molar-refractivity contribution is 0.786. The van der Waals surface area contributed by atoms with Gasteiger partial charge in [-0.05, 0) is 29.9 Å². The summed E-state index contributed by atoms with van der Waals surface area (Å²) in [6.07, 6.45) is 4.25. The van der Waals surface area contributed by atoms with E-state index < -0.39 is 0 Å². The molecule has 4 rings (SSSR count). The first-order chi connectivity index (χ1) is 14.2. The van der Waals surface area contributed by atoms with E-state index in [-0.39, 0.29) is 5.56 Å². The summed E-state index contributed by atoms with van der Waals surface area (Å²) in [5, 5.41) is 0.564. The molecule has 6 heteroatoms. The Morgan fingerprint density at radius 2 is 1.66 bits per heavy atom. The Bertz CT molecular complexity index is 1190. The second-order valence-electron chi connectivity index (χ2n) is 6.82. The maximum absolute atomic E-state index is 13.1. The third-order valence-electron chi connectivity index (χ3n) is 4.89. The fraction of sp³-hybridized carbons (Fsp3) is 0.174. The van der Waals surface area contributed by atoms with E-state index in [1.54, 1.807) is 11.8 Å². The van der Waals surface area contributed by atoms with Crippen LogP contribution in [-0.4, -0.2) is 20.9 Å². The number of aryl methyl sites for hydroxylation is 1. The molecular weight excluding hydrogens is 380 g/mol. The Hall–Kier alpha value is -3.12. The molecule has 2 aromatic carbocycles. The number of thioether (sulfide) groups is 1. The molecule has 0 bridgehead atoms. The molecule has 0 saturated carbocycles. The van der Waals surface area contributed by atoms with Crippen LogP contribution < -0.4 is 11.0 Å². The molecule has 0 atom stereocenters. The number of nitrogens with one attached hydrogen (secondary N) is 1. The number of nitrogens with zero attached hydrogens (tertiary/aromatic N) is 3. The van der Waals surface area contributed by atoms with Crippen LogP contribution in [0.3, 0.4) is 0 Å². The van der Waals surface area contributed by atoms with Crippen molar-refractivity contribution in [3.05, 3.63) is 99.7 Å². The number of pyridine rings is 1. The molecule has 5 nitrogen and oxygen atoms in total. The number of hydrogen-bond donors (Lipinski definition) is 1. The van der Waals surface area contributed by atoms with Crippen molar-refractivity contribution >= 4 is 22.8 Å². The van der Waals surface area contributed by atoms with Gasteiger partial charge in [0.2, 0.25) is 0 Å². The molecule has 1 N–H and O–H groups in total. The average molecular weight is 403 g/mol. The van der Waals surface area contributed by atoms with E-state index in [0.717, 1.165) is 21.7 Å². The zero-order valence-electron chi connectivity index (χ0n) is 16.4. The normalized spacial score (nSPS) is 11.0. The first kappa shape index (κ1) is 19.2. The van der Waals surface area contributed by atoms with Gasteiger partial charge in [-0.25, -0.2) is 14.6 Å². The second kappa shape index (κ2) is 8.49. The van der Waals surface area contributed by atoms with Gasteiger partial charge in [0.1, 0.15) is 6.33 Å². The highest BCUT2D eigenvalue weighted by molar-refractivity contribution is 7.98. The summed E-state index contributed by atoms with van der Waals surface area (Å²) in [4.78, 5) is 23.4. The molecule has 0 aliphatic rings. The number of benzene rings is 2. The Morgan fingerprint density at radius 3 is 2.31 bits per heavy atom. The summed E-state index contributed by atoms with van der Waals surface area (Å²) in [5.41, 5.74) is 7.68. The van der Waals surface area contributed by atoms with Gasteiger partial charge in [0, 0.05) is 11.3 Å². The topological polar surface area (TPSA) is 59.8 Å². The molecule has 4 aromatic rings. The van der Waals surface area contributed by atoms with Gasteiger partial charge in [0.15, 0.2) is 5.65 Å². The molecule has 0 aliphatic heterocycles. The van der Waals surface area contributed by atoms with Gasteiger partial charge < -0.3 is 5.43 Å². The summed E-state index contributed by atoms with van der Waals surface area (Å²) in [6.45, 7) is 2.52. The third kappa shape index (κ3) is 4.03. The summed E-state index contributed by atoms with van der Waals surface area (Å²) in [6, 6.07) is 20.2. The third-order valence-corrected chi connectivity index (χ3v) is 5.84. The summed E-state index contributed by atoms with van der Waals surface area (Å²) in [7, 11) is 0. The van der Waals surface area contributed by atoms with Crippen molar-refractivity contribution in [3.8, 4) is 0 Å². The monoisotopic (exact) mass is 402 g/mol. The van der Waals surface area contributed by atoms with Crippen molar-refractivity contribution in [2.75, 3.05) is 11.7 Å². The van der Waals surface area contributed by atoms with Crippen LogP contribution in [0.1, 0.15) is 22.4 Å². The number of aromatic nitrogens is 3. The molecule has 0 unspecified atom stereocenters. The molecule has 0 fully saturated rings. The Labute approximate surface area is 173 Å². The first-order valence-corrected chi connectivity index (χ1v) is 10.7. The quantitative estimate of drug-likeness (QED) is 0.491. The van der Waals surface area contributed by atoms with Crippen molar-refractivity contribution in [2.24, 2.45) is 0 Å². The van der Waals surface area contributed by atoms with Crippen molar-refractivity contribution in [3.63, 3.8) is 0 Å². The molecule has 2 aromatic heterocycles. The van der Waals surface area contributed by atoms with Gasteiger partial charge in [-0.15, -0.1) is 11.8 Å². The van der Waals surface area contributed by atoms with Crippen molar-refractivity contribution < 1.29 is 0 Å². The minimum Gasteiger partial charge on any atom is -0.317 e. The minimum absolute atomic E-state index is 0.127. The number of rotatable bonds is 6. The summed E-state index contributed by atoms with van der Waals surface area (Å²) >= 11 is 1.62. The minimum atomic E-state index is -0.127. The van der Waals surface area contributed by atoms with Crippen LogP contribution in [0.15, 0.2) is 76.7 Å². The molecule has 29 heavy (non-hydrogen) atoms. The zero-order valence-corrected chi connectivity index (χ0v) is 17.2.